The second kappa shape index (κ2) is 22.0. The molecule has 6 nitrogen and oxygen atoms in total. The molecule has 0 unspecified atom stereocenters. The molecule has 0 saturated carbocycles. The Balaban J connectivity index is 0.000000600. The van der Waals surface area contributed by atoms with E-state index >= 15 is 0 Å². The Bertz CT molecular complexity index is 806. The number of hydrogen-bond acceptors (Lipinski definition) is 6. The van der Waals surface area contributed by atoms with Gasteiger partial charge in [-0.1, -0.05) is 90.2 Å². The van der Waals surface area contributed by atoms with Gasteiger partial charge in [-0.15, -0.1) is 0 Å². The van der Waals surface area contributed by atoms with Gasteiger partial charge in [0.05, 0.1) is 38.6 Å². The molecule has 2 rings (SSSR count). The van der Waals surface area contributed by atoms with Gasteiger partial charge >= 0.3 is 11.9 Å². The molecular formula is C32H48O6. The second-order valence-corrected chi connectivity index (χ2v) is 9.23. The van der Waals surface area contributed by atoms with Gasteiger partial charge in [0.2, 0.25) is 0 Å². The minimum atomic E-state index is -0.444. The molecule has 0 atom stereocenters. The molecule has 2 aromatic rings. The molecule has 0 aliphatic rings. The lowest BCUT2D eigenvalue weighted by Gasteiger charge is -2.10. The zero-order valence-corrected chi connectivity index (χ0v) is 24.0. The van der Waals surface area contributed by atoms with Crippen LogP contribution in [0.1, 0.15) is 112 Å². The lowest BCUT2D eigenvalue weighted by atomic mass is 10.1. The molecule has 0 radical (unpaired) electrons. The van der Waals surface area contributed by atoms with Crippen molar-refractivity contribution in [1.29, 1.82) is 0 Å². The summed E-state index contributed by atoms with van der Waals surface area (Å²) in [7, 11) is 3.28. The third-order valence-electron chi connectivity index (χ3n) is 6.12. The van der Waals surface area contributed by atoms with E-state index in [2.05, 4.69) is 13.8 Å². The smallest absolute Gasteiger partial charge is 0.339 e. The van der Waals surface area contributed by atoms with Gasteiger partial charge in [-0.05, 0) is 49.2 Å². The van der Waals surface area contributed by atoms with Crippen LogP contribution in [-0.2, 0) is 9.47 Å². The van der Waals surface area contributed by atoms with Gasteiger partial charge in [-0.2, -0.15) is 0 Å². The minimum Gasteiger partial charge on any atom is -0.497 e. The fourth-order valence-corrected chi connectivity index (χ4v) is 3.80. The molecule has 0 fully saturated rings. The summed E-state index contributed by atoms with van der Waals surface area (Å²) in [6, 6.07) is 14.2. The number of methoxy groups -OCH3 is 2. The van der Waals surface area contributed by atoms with Crippen molar-refractivity contribution in [1.82, 2.24) is 0 Å². The van der Waals surface area contributed by atoms with E-state index in [-0.39, 0.29) is 0 Å². The van der Waals surface area contributed by atoms with Crippen LogP contribution in [0.3, 0.4) is 0 Å². The normalized spacial score (nSPS) is 10.2. The molecule has 0 aromatic heterocycles. The molecule has 212 valence electrons. The number of carbonyl (C=O) groups is 2. The van der Waals surface area contributed by atoms with Crippen molar-refractivity contribution in [3.63, 3.8) is 0 Å². The van der Waals surface area contributed by atoms with Crippen molar-refractivity contribution in [2.24, 2.45) is 0 Å². The number of esters is 2. The van der Waals surface area contributed by atoms with E-state index in [1.54, 1.807) is 38.5 Å². The van der Waals surface area contributed by atoms with Crippen LogP contribution in [0.5, 0.6) is 11.5 Å². The summed E-state index contributed by atoms with van der Waals surface area (Å²) in [6.07, 6.45) is 13.6. The van der Waals surface area contributed by atoms with Gasteiger partial charge in [-0.25, -0.2) is 9.59 Å². The molecule has 6 heteroatoms. The maximum atomic E-state index is 12.4. The van der Waals surface area contributed by atoms with E-state index in [0.717, 1.165) is 37.2 Å². The van der Waals surface area contributed by atoms with Crippen molar-refractivity contribution >= 4 is 11.9 Å². The van der Waals surface area contributed by atoms with Crippen LogP contribution in [-0.4, -0.2) is 39.4 Å². The van der Waals surface area contributed by atoms with Crippen LogP contribution in [0, 0.1) is 0 Å². The maximum Gasteiger partial charge on any atom is 0.339 e. The highest BCUT2D eigenvalue weighted by Gasteiger charge is 2.18. The van der Waals surface area contributed by atoms with Crippen LogP contribution < -0.4 is 9.47 Å². The lowest BCUT2D eigenvalue weighted by Crippen LogP contribution is -2.15. The summed E-state index contributed by atoms with van der Waals surface area (Å²) in [5.74, 6) is 0.808. The monoisotopic (exact) mass is 528 g/mol. The predicted octanol–water partition coefficient (Wildman–Crippen LogP) is 8.43. The Kier molecular flexibility index (Phi) is 19.1. The largest absolute Gasteiger partial charge is 0.497 e. The number of hydrogen-bond donors (Lipinski definition) is 0. The Morgan fingerprint density at radius 2 is 0.868 bits per heavy atom. The van der Waals surface area contributed by atoms with Crippen LogP contribution in [0.4, 0.5) is 0 Å². The Morgan fingerprint density at radius 3 is 1.21 bits per heavy atom. The van der Waals surface area contributed by atoms with Crippen molar-refractivity contribution < 1.29 is 28.5 Å². The summed E-state index contributed by atoms with van der Waals surface area (Å²) in [4.78, 5) is 24.7. The summed E-state index contributed by atoms with van der Waals surface area (Å²) >= 11 is 0. The number of carbonyl (C=O) groups excluding carboxylic acids is 2. The third-order valence-corrected chi connectivity index (χ3v) is 6.12. The molecule has 2 aromatic carbocycles. The Labute approximate surface area is 230 Å². The highest BCUT2D eigenvalue weighted by atomic mass is 16.5. The van der Waals surface area contributed by atoms with E-state index in [1.165, 1.54) is 51.4 Å². The molecular weight excluding hydrogens is 480 g/mol. The average Bonchev–Trinajstić information content (AvgIpc) is 2.96. The Morgan fingerprint density at radius 1 is 0.526 bits per heavy atom. The molecule has 0 aliphatic carbocycles. The lowest BCUT2D eigenvalue weighted by molar-refractivity contribution is 0.0450. The first-order chi connectivity index (χ1) is 18.6. The molecule has 38 heavy (non-hydrogen) atoms. The Hall–Kier alpha value is -3.02. The minimum absolute atomic E-state index is 0.293. The van der Waals surface area contributed by atoms with Crippen molar-refractivity contribution in [2.45, 2.75) is 90.9 Å². The van der Waals surface area contributed by atoms with Crippen LogP contribution in [0.15, 0.2) is 48.5 Å². The first-order valence-corrected chi connectivity index (χ1v) is 14.2. The molecule has 0 amide bonds. The van der Waals surface area contributed by atoms with Crippen molar-refractivity contribution in [2.75, 3.05) is 27.4 Å². The van der Waals surface area contributed by atoms with Crippen LogP contribution in [0.25, 0.3) is 0 Å². The second-order valence-electron chi connectivity index (χ2n) is 9.23. The third kappa shape index (κ3) is 14.7. The first-order valence-electron chi connectivity index (χ1n) is 14.2. The van der Waals surface area contributed by atoms with Crippen molar-refractivity contribution in [3.8, 4) is 11.5 Å². The predicted molar refractivity (Wildman–Crippen MR) is 153 cm³/mol. The van der Waals surface area contributed by atoms with Crippen LogP contribution >= 0.6 is 0 Å². The van der Waals surface area contributed by atoms with E-state index in [4.69, 9.17) is 18.9 Å². The van der Waals surface area contributed by atoms with Gasteiger partial charge < -0.3 is 18.9 Å². The van der Waals surface area contributed by atoms with Gasteiger partial charge in [0.25, 0.3) is 0 Å². The summed E-state index contributed by atoms with van der Waals surface area (Å²) < 4.78 is 20.6. The highest BCUT2D eigenvalue weighted by molar-refractivity contribution is 6.03. The molecule has 0 bridgehead atoms. The zero-order chi connectivity index (χ0) is 27.8. The zero-order valence-electron chi connectivity index (χ0n) is 24.0. The van der Waals surface area contributed by atoms with Gasteiger partial charge in [0.1, 0.15) is 11.5 Å². The molecule has 0 N–H and O–H groups in total. The SMILES string of the molecule is CCCCCCCCOC(=O)c1ccccc1C(=O)OCCCCCCCC.COc1ccc(OC)cc1. The fraction of sp³-hybridized carbons (Fsp3) is 0.562. The number of unbranched alkanes of at least 4 members (excludes halogenated alkanes) is 10. The van der Waals surface area contributed by atoms with E-state index in [1.807, 2.05) is 24.3 Å². The number of ether oxygens (including phenoxy) is 4. The quantitative estimate of drug-likeness (QED) is 0.143. The van der Waals surface area contributed by atoms with E-state index in [9.17, 15) is 9.59 Å². The van der Waals surface area contributed by atoms with Gasteiger partial charge in [0.15, 0.2) is 0 Å². The number of rotatable bonds is 18. The van der Waals surface area contributed by atoms with Gasteiger partial charge in [-0.3, -0.25) is 0 Å². The van der Waals surface area contributed by atoms with Crippen LogP contribution in [0.2, 0.25) is 0 Å². The first kappa shape index (κ1) is 33.0. The highest BCUT2D eigenvalue weighted by Crippen LogP contribution is 2.16. The summed E-state index contributed by atoms with van der Waals surface area (Å²) in [5.41, 5.74) is 0.586. The standard InChI is InChI=1S/C24H38O4.C8H10O2/c1-3-5-7-9-11-15-19-27-23(25)21-17-13-14-18-22(21)24(26)28-20-16-12-10-8-6-4-2;1-9-7-3-5-8(10-2)6-4-7/h13-14,17-18H,3-12,15-16,19-20H2,1-2H3;3-6H,1-2H3. The van der Waals surface area contributed by atoms with E-state index in [0.29, 0.717) is 24.3 Å². The summed E-state index contributed by atoms with van der Waals surface area (Å²) in [5, 5.41) is 0. The molecule has 0 saturated heterocycles. The molecule has 0 spiro atoms. The fourth-order valence-electron chi connectivity index (χ4n) is 3.80. The number of benzene rings is 2. The topological polar surface area (TPSA) is 71.1 Å². The van der Waals surface area contributed by atoms with Crippen molar-refractivity contribution in [3.05, 3.63) is 59.7 Å². The molecule has 0 heterocycles. The summed E-state index contributed by atoms with van der Waals surface area (Å²) in [6.45, 7) is 5.17. The average molecular weight is 529 g/mol. The maximum absolute atomic E-state index is 12.4. The van der Waals surface area contributed by atoms with Gasteiger partial charge in [0, 0.05) is 0 Å². The molecule has 0 aliphatic heterocycles. The van der Waals surface area contributed by atoms with E-state index < -0.39 is 11.9 Å².